The number of hydrogen-bond acceptors (Lipinski definition) is 6. The average molecular weight is 252 g/mol. The minimum Gasteiger partial charge on any atom is -0.394 e. The molecule has 0 bridgehead atoms. The summed E-state index contributed by atoms with van der Waals surface area (Å²) in [7, 11) is 0. The Morgan fingerprint density at radius 2 is 2.39 bits per heavy atom. The van der Waals surface area contributed by atoms with Crippen molar-refractivity contribution in [2.45, 2.75) is 31.3 Å². The number of β-amino-alcohol motifs (C(OH)–C–C–N with tert-alkyl or cyclic N) is 1. The molecule has 0 aliphatic carbocycles. The lowest BCUT2D eigenvalue weighted by molar-refractivity contribution is -0.0216. The van der Waals surface area contributed by atoms with Gasteiger partial charge in [-0.05, 0) is 12.8 Å². The van der Waals surface area contributed by atoms with Crippen molar-refractivity contribution in [3.05, 3.63) is 12.0 Å². The molecule has 1 unspecified atom stereocenters. The molecule has 2 aliphatic heterocycles. The zero-order valence-corrected chi connectivity index (χ0v) is 9.86. The predicted molar refractivity (Wildman–Crippen MR) is 63.6 cm³/mol. The summed E-state index contributed by atoms with van der Waals surface area (Å²) in [6, 6.07) is 0. The maximum absolute atomic E-state index is 9.90. The lowest BCUT2D eigenvalue weighted by Crippen LogP contribution is -2.17. The van der Waals surface area contributed by atoms with Crippen LogP contribution >= 0.6 is 0 Å². The first kappa shape index (κ1) is 11.6. The van der Waals surface area contributed by atoms with E-state index in [1.54, 1.807) is 12.7 Å². The Morgan fingerprint density at radius 3 is 3.17 bits per heavy atom. The Hall–Kier alpha value is -1.44. The second-order valence-corrected chi connectivity index (χ2v) is 4.52. The summed E-state index contributed by atoms with van der Waals surface area (Å²) in [6.07, 6.45) is 3.88. The molecule has 7 heteroatoms. The fourth-order valence-corrected chi connectivity index (χ4v) is 2.34. The molecule has 2 aliphatic rings. The van der Waals surface area contributed by atoms with Gasteiger partial charge in [-0.2, -0.15) is 0 Å². The first-order valence-corrected chi connectivity index (χ1v) is 6.06. The van der Waals surface area contributed by atoms with Crippen LogP contribution in [0.25, 0.3) is 0 Å². The Kier molecular flexibility index (Phi) is 3.02. The van der Waals surface area contributed by atoms with Crippen LogP contribution in [0, 0.1) is 0 Å². The highest BCUT2D eigenvalue weighted by Crippen LogP contribution is 2.34. The van der Waals surface area contributed by atoms with Gasteiger partial charge >= 0.3 is 0 Å². The van der Waals surface area contributed by atoms with Crippen LogP contribution in [0.15, 0.2) is 11.3 Å². The normalized spacial score (nSPS) is 30.9. The zero-order valence-electron chi connectivity index (χ0n) is 9.86. The van der Waals surface area contributed by atoms with Crippen molar-refractivity contribution < 1.29 is 14.9 Å². The van der Waals surface area contributed by atoms with E-state index in [1.165, 1.54) is 0 Å². The second kappa shape index (κ2) is 4.68. The molecule has 7 nitrogen and oxygen atoms in total. The van der Waals surface area contributed by atoms with Gasteiger partial charge in [0.1, 0.15) is 18.0 Å². The lowest BCUT2D eigenvalue weighted by atomic mass is 10.2. The third kappa shape index (κ3) is 1.90. The number of aliphatic hydroxyl groups is 2. The van der Waals surface area contributed by atoms with E-state index in [0.717, 1.165) is 12.8 Å². The van der Waals surface area contributed by atoms with Crippen LogP contribution in [0.1, 0.15) is 30.9 Å². The van der Waals surface area contributed by atoms with Crippen LogP contribution in [0.5, 0.6) is 0 Å². The topological polar surface area (TPSA) is 91.9 Å². The Labute approximate surface area is 104 Å². The number of imidazole rings is 1. The number of nitrogens with one attached hydrogen (secondary N) is 1. The smallest absolute Gasteiger partial charge is 0.162 e. The number of ether oxygens (including phenoxy) is 1. The van der Waals surface area contributed by atoms with Gasteiger partial charge in [-0.3, -0.25) is 4.57 Å². The van der Waals surface area contributed by atoms with Gasteiger partial charge in [0.15, 0.2) is 5.82 Å². The van der Waals surface area contributed by atoms with Crippen LogP contribution in [0.2, 0.25) is 0 Å². The summed E-state index contributed by atoms with van der Waals surface area (Å²) in [5.74, 6) is 0.621. The van der Waals surface area contributed by atoms with Crippen molar-refractivity contribution in [1.82, 2.24) is 14.9 Å². The highest BCUT2D eigenvalue weighted by molar-refractivity contribution is 5.62. The summed E-state index contributed by atoms with van der Waals surface area (Å²) in [5.41, 5.74) is 0.562. The quantitative estimate of drug-likeness (QED) is 0.680. The average Bonchev–Trinajstić information content (AvgIpc) is 2.96. The molecular formula is C11H16N4O3. The highest BCUT2D eigenvalue weighted by Gasteiger charge is 2.30. The Balaban J connectivity index is 1.90. The fraction of sp³-hybridized carbons (Fsp3) is 0.636. The van der Waals surface area contributed by atoms with Crippen LogP contribution in [0.3, 0.4) is 0 Å². The first-order chi connectivity index (χ1) is 8.79. The number of aliphatic imine (C=N–C) groups is 1. The zero-order chi connectivity index (χ0) is 12.5. The standard InChI is InChI=1S/C11H16N4O3/c16-4-7-1-2-9(18-7)15-6-14-10-8(17)3-12-5-13-11(10)15/h5-9,16-17H,1-4H2,(H,12,13)/t7-,8+,9?/m0/s1. The minimum atomic E-state index is -0.668. The van der Waals surface area contributed by atoms with Gasteiger partial charge in [-0.15, -0.1) is 0 Å². The summed E-state index contributed by atoms with van der Waals surface area (Å²) >= 11 is 0. The van der Waals surface area contributed by atoms with E-state index in [0.29, 0.717) is 18.1 Å². The molecule has 3 N–H and O–H groups in total. The maximum Gasteiger partial charge on any atom is 0.162 e. The predicted octanol–water partition coefficient (Wildman–Crippen LogP) is -0.151. The van der Waals surface area contributed by atoms with Crippen molar-refractivity contribution in [2.24, 2.45) is 4.99 Å². The molecule has 98 valence electrons. The van der Waals surface area contributed by atoms with E-state index >= 15 is 0 Å². The number of aliphatic hydroxyl groups excluding tert-OH is 2. The summed E-state index contributed by atoms with van der Waals surface area (Å²) in [6.45, 7) is 0.430. The molecule has 1 saturated heterocycles. The first-order valence-electron chi connectivity index (χ1n) is 6.06. The summed E-state index contributed by atoms with van der Waals surface area (Å²) in [4.78, 5) is 8.46. The fourth-order valence-electron chi connectivity index (χ4n) is 2.34. The molecule has 3 heterocycles. The van der Waals surface area contributed by atoms with Crippen LogP contribution in [-0.2, 0) is 4.74 Å². The van der Waals surface area contributed by atoms with Gasteiger partial charge in [0.2, 0.25) is 0 Å². The van der Waals surface area contributed by atoms with E-state index in [9.17, 15) is 5.11 Å². The Morgan fingerprint density at radius 1 is 1.50 bits per heavy atom. The summed E-state index contributed by atoms with van der Waals surface area (Å²) < 4.78 is 7.51. The lowest BCUT2D eigenvalue weighted by Gasteiger charge is -2.15. The van der Waals surface area contributed by atoms with Crippen molar-refractivity contribution in [3.8, 4) is 0 Å². The monoisotopic (exact) mass is 252 g/mol. The molecule has 1 aromatic heterocycles. The number of hydrogen-bond donors (Lipinski definition) is 3. The SMILES string of the molecule is OC[C@@H]1CCC(n2cnc3c2N=CNC[C@H]3O)O1. The molecule has 18 heavy (non-hydrogen) atoms. The van der Waals surface area contributed by atoms with Gasteiger partial charge in [-0.1, -0.05) is 0 Å². The van der Waals surface area contributed by atoms with E-state index in [-0.39, 0.29) is 18.9 Å². The number of aromatic nitrogens is 2. The van der Waals surface area contributed by atoms with Gasteiger partial charge in [0.25, 0.3) is 0 Å². The van der Waals surface area contributed by atoms with E-state index in [1.807, 2.05) is 4.57 Å². The molecule has 3 atom stereocenters. The molecular weight excluding hydrogens is 236 g/mol. The second-order valence-electron chi connectivity index (χ2n) is 4.52. The maximum atomic E-state index is 9.90. The van der Waals surface area contributed by atoms with E-state index in [4.69, 9.17) is 9.84 Å². The van der Waals surface area contributed by atoms with Gasteiger partial charge in [0, 0.05) is 6.54 Å². The number of nitrogens with zero attached hydrogens (tertiary/aromatic N) is 3. The number of rotatable bonds is 2. The molecule has 0 amide bonds. The van der Waals surface area contributed by atoms with Crippen LogP contribution < -0.4 is 5.32 Å². The highest BCUT2D eigenvalue weighted by atomic mass is 16.5. The largest absolute Gasteiger partial charge is 0.394 e. The molecule has 0 saturated carbocycles. The third-order valence-corrected chi connectivity index (χ3v) is 3.30. The molecule has 0 radical (unpaired) electrons. The molecule has 1 aromatic rings. The minimum absolute atomic E-state index is 0.0286. The van der Waals surface area contributed by atoms with Crippen molar-refractivity contribution in [2.75, 3.05) is 13.2 Å². The van der Waals surface area contributed by atoms with Crippen LogP contribution in [-0.4, -0.2) is 45.4 Å². The van der Waals surface area contributed by atoms with E-state index in [2.05, 4.69) is 15.3 Å². The van der Waals surface area contributed by atoms with Crippen molar-refractivity contribution in [3.63, 3.8) is 0 Å². The van der Waals surface area contributed by atoms with E-state index < -0.39 is 6.10 Å². The molecule has 0 spiro atoms. The third-order valence-electron chi connectivity index (χ3n) is 3.30. The Bertz CT molecular complexity index is 459. The van der Waals surface area contributed by atoms with Crippen LogP contribution in [0.4, 0.5) is 5.82 Å². The molecule has 0 aromatic carbocycles. The van der Waals surface area contributed by atoms with Crippen molar-refractivity contribution in [1.29, 1.82) is 0 Å². The number of fused-ring (bicyclic) bond motifs is 1. The van der Waals surface area contributed by atoms with Gasteiger partial charge in [0.05, 0.1) is 25.4 Å². The molecule has 3 rings (SSSR count). The van der Waals surface area contributed by atoms with Gasteiger partial charge < -0.3 is 20.3 Å². The van der Waals surface area contributed by atoms with Crippen molar-refractivity contribution >= 4 is 12.2 Å². The van der Waals surface area contributed by atoms with Gasteiger partial charge in [-0.25, -0.2) is 9.98 Å². The summed E-state index contributed by atoms with van der Waals surface area (Å²) in [5, 5.41) is 21.9. The molecule has 1 fully saturated rings.